The minimum absolute atomic E-state index is 0.0418. The first kappa shape index (κ1) is 20.8. The van der Waals surface area contributed by atoms with Crippen molar-refractivity contribution in [3.05, 3.63) is 57.1 Å². The van der Waals surface area contributed by atoms with Crippen LogP contribution in [-0.4, -0.2) is 18.7 Å². The quantitative estimate of drug-likeness (QED) is 0.526. The molecule has 0 saturated carbocycles. The molecule has 1 aliphatic heterocycles. The Morgan fingerprint density at radius 2 is 1.93 bits per heavy atom. The van der Waals surface area contributed by atoms with Gasteiger partial charge in [0.05, 0.1) is 10.0 Å². The molecule has 3 rings (SSSR count). The van der Waals surface area contributed by atoms with Gasteiger partial charge in [-0.25, -0.2) is 0 Å². The third-order valence-electron chi connectivity index (χ3n) is 3.94. The van der Waals surface area contributed by atoms with Crippen molar-refractivity contribution in [2.45, 2.75) is 26.5 Å². The zero-order valence-electron chi connectivity index (χ0n) is 15.8. The van der Waals surface area contributed by atoms with Gasteiger partial charge in [-0.05, 0) is 55.3 Å². The maximum Gasteiger partial charge on any atom is 0.262 e. The van der Waals surface area contributed by atoms with Crippen LogP contribution in [0, 0.1) is 11.3 Å². The zero-order chi connectivity index (χ0) is 21.0. The van der Waals surface area contributed by atoms with E-state index in [-0.39, 0.29) is 35.1 Å². The molecule has 8 heteroatoms. The van der Waals surface area contributed by atoms with Crippen molar-refractivity contribution in [2.75, 3.05) is 6.79 Å². The van der Waals surface area contributed by atoms with E-state index < -0.39 is 5.91 Å². The molecular formula is C21H18Cl2N2O4. The topological polar surface area (TPSA) is 80.6 Å². The van der Waals surface area contributed by atoms with Crippen LogP contribution in [0.1, 0.15) is 25.0 Å². The van der Waals surface area contributed by atoms with Crippen molar-refractivity contribution in [1.29, 1.82) is 5.26 Å². The first-order valence-electron chi connectivity index (χ1n) is 8.80. The van der Waals surface area contributed by atoms with Gasteiger partial charge in [0.1, 0.15) is 18.2 Å². The highest BCUT2D eigenvalue weighted by Crippen LogP contribution is 2.37. The lowest BCUT2D eigenvalue weighted by Crippen LogP contribution is -2.30. The van der Waals surface area contributed by atoms with E-state index in [9.17, 15) is 10.1 Å². The summed E-state index contributed by atoms with van der Waals surface area (Å²) in [5.41, 5.74) is 1.34. The van der Waals surface area contributed by atoms with Gasteiger partial charge in [0, 0.05) is 6.04 Å². The molecule has 0 bridgehead atoms. The molecule has 0 saturated heterocycles. The van der Waals surface area contributed by atoms with Crippen molar-refractivity contribution < 1.29 is 19.0 Å². The molecule has 29 heavy (non-hydrogen) atoms. The molecule has 1 amide bonds. The molecular weight excluding hydrogens is 415 g/mol. The van der Waals surface area contributed by atoms with Gasteiger partial charge in [0.25, 0.3) is 5.91 Å². The molecule has 0 spiro atoms. The van der Waals surface area contributed by atoms with Crippen LogP contribution in [0.2, 0.25) is 10.0 Å². The number of carbonyl (C=O) groups is 1. The van der Waals surface area contributed by atoms with Crippen molar-refractivity contribution in [3.63, 3.8) is 0 Å². The summed E-state index contributed by atoms with van der Waals surface area (Å²) >= 11 is 12.6. The lowest BCUT2D eigenvalue weighted by molar-refractivity contribution is -0.117. The Labute approximate surface area is 178 Å². The average Bonchev–Trinajstić information content (AvgIpc) is 3.12. The first-order chi connectivity index (χ1) is 13.9. The van der Waals surface area contributed by atoms with Gasteiger partial charge in [0.2, 0.25) is 6.79 Å². The molecule has 2 aromatic rings. The van der Waals surface area contributed by atoms with Crippen molar-refractivity contribution >= 4 is 35.2 Å². The van der Waals surface area contributed by atoms with Gasteiger partial charge < -0.3 is 19.5 Å². The number of carbonyl (C=O) groups excluding carboxylic acids is 1. The fraction of sp³-hybridized carbons (Fsp3) is 0.238. The number of ether oxygens (including phenoxy) is 3. The van der Waals surface area contributed by atoms with Gasteiger partial charge in [-0.15, -0.1) is 0 Å². The van der Waals surface area contributed by atoms with Crippen LogP contribution in [0.5, 0.6) is 17.2 Å². The summed E-state index contributed by atoms with van der Waals surface area (Å²) in [4.78, 5) is 12.1. The summed E-state index contributed by atoms with van der Waals surface area (Å²) in [6.07, 6.45) is 1.43. The molecule has 1 heterocycles. The number of hydrogen-bond acceptors (Lipinski definition) is 5. The van der Waals surface area contributed by atoms with Crippen molar-refractivity contribution in [2.24, 2.45) is 0 Å². The second kappa shape index (κ2) is 9.08. The summed E-state index contributed by atoms with van der Waals surface area (Å²) in [6.45, 7) is 4.05. The number of amides is 1. The molecule has 0 atom stereocenters. The van der Waals surface area contributed by atoms with Crippen LogP contribution < -0.4 is 19.5 Å². The summed E-state index contributed by atoms with van der Waals surface area (Å²) in [5.74, 6) is 1.20. The molecule has 0 unspecified atom stereocenters. The second-order valence-corrected chi connectivity index (χ2v) is 7.40. The monoisotopic (exact) mass is 432 g/mol. The number of rotatable bonds is 6. The third kappa shape index (κ3) is 5.14. The standard InChI is InChI=1S/C21H18Cl2N2O4/c1-12(2)25-21(26)15(9-24)5-14-6-16(22)20(17(23)7-14)27-10-13-3-4-18-19(8-13)29-11-28-18/h3-8,12H,10-11H2,1-2H3,(H,25,26)/b15-5-. The fourth-order valence-corrected chi connectivity index (χ4v) is 3.26. The molecule has 0 fully saturated rings. The predicted octanol–water partition coefficient (Wildman–Crippen LogP) is 4.73. The largest absolute Gasteiger partial charge is 0.486 e. The minimum Gasteiger partial charge on any atom is -0.486 e. The number of nitrogens with one attached hydrogen (secondary N) is 1. The predicted molar refractivity (Wildman–Crippen MR) is 110 cm³/mol. The van der Waals surface area contributed by atoms with Crippen LogP contribution in [0.4, 0.5) is 0 Å². The molecule has 0 radical (unpaired) electrons. The number of benzene rings is 2. The van der Waals surface area contributed by atoms with Crippen LogP contribution in [-0.2, 0) is 11.4 Å². The molecule has 2 aromatic carbocycles. The third-order valence-corrected chi connectivity index (χ3v) is 4.50. The van der Waals surface area contributed by atoms with E-state index in [1.54, 1.807) is 12.1 Å². The van der Waals surface area contributed by atoms with E-state index in [2.05, 4.69) is 5.32 Å². The van der Waals surface area contributed by atoms with Crippen LogP contribution in [0.3, 0.4) is 0 Å². The molecule has 1 aliphatic rings. The highest BCUT2D eigenvalue weighted by molar-refractivity contribution is 6.37. The summed E-state index contributed by atoms with van der Waals surface area (Å²) in [6, 6.07) is 10.5. The van der Waals surface area contributed by atoms with E-state index in [4.69, 9.17) is 37.4 Å². The number of halogens is 2. The van der Waals surface area contributed by atoms with E-state index >= 15 is 0 Å². The highest BCUT2D eigenvalue weighted by atomic mass is 35.5. The number of nitriles is 1. The Bertz CT molecular complexity index is 989. The molecule has 6 nitrogen and oxygen atoms in total. The number of fused-ring (bicyclic) bond motifs is 1. The summed E-state index contributed by atoms with van der Waals surface area (Å²) in [7, 11) is 0. The van der Waals surface area contributed by atoms with Gasteiger partial charge in [-0.1, -0.05) is 29.3 Å². The Morgan fingerprint density at radius 3 is 2.59 bits per heavy atom. The Kier molecular flexibility index (Phi) is 6.53. The van der Waals surface area contributed by atoms with E-state index in [1.165, 1.54) is 6.08 Å². The number of nitrogens with zero attached hydrogens (tertiary/aromatic N) is 1. The normalized spacial score (nSPS) is 12.6. The molecule has 0 aromatic heterocycles. The first-order valence-corrected chi connectivity index (χ1v) is 9.56. The molecule has 150 valence electrons. The summed E-state index contributed by atoms with van der Waals surface area (Å²) in [5, 5.41) is 12.5. The molecule has 0 aliphatic carbocycles. The summed E-state index contributed by atoms with van der Waals surface area (Å²) < 4.78 is 16.4. The fourth-order valence-electron chi connectivity index (χ4n) is 2.64. The highest BCUT2D eigenvalue weighted by Gasteiger charge is 2.15. The van der Waals surface area contributed by atoms with Crippen molar-refractivity contribution in [3.8, 4) is 23.3 Å². The minimum atomic E-state index is -0.460. The maximum absolute atomic E-state index is 12.1. The second-order valence-electron chi connectivity index (χ2n) is 6.59. The average molecular weight is 433 g/mol. The van der Waals surface area contributed by atoms with Gasteiger partial charge in [-0.2, -0.15) is 5.26 Å². The SMILES string of the molecule is CC(C)NC(=O)/C(C#N)=C\c1cc(Cl)c(OCc2ccc3c(c2)OCO3)c(Cl)c1. The van der Waals surface area contributed by atoms with Gasteiger partial charge >= 0.3 is 0 Å². The lowest BCUT2D eigenvalue weighted by Gasteiger charge is -2.12. The van der Waals surface area contributed by atoms with Crippen molar-refractivity contribution in [1.82, 2.24) is 5.32 Å². The Morgan fingerprint density at radius 1 is 1.24 bits per heavy atom. The van der Waals surface area contributed by atoms with Crippen LogP contribution in [0.25, 0.3) is 6.08 Å². The number of hydrogen-bond donors (Lipinski definition) is 1. The Hall–Kier alpha value is -2.88. The van der Waals surface area contributed by atoms with Gasteiger partial charge in [-0.3, -0.25) is 4.79 Å². The van der Waals surface area contributed by atoms with E-state index in [0.717, 1.165) is 5.56 Å². The van der Waals surface area contributed by atoms with Crippen LogP contribution >= 0.6 is 23.2 Å². The Balaban J connectivity index is 1.76. The zero-order valence-corrected chi connectivity index (χ0v) is 17.3. The molecule has 1 N–H and O–H groups in total. The smallest absolute Gasteiger partial charge is 0.262 e. The van der Waals surface area contributed by atoms with Crippen LogP contribution in [0.15, 0.2) is 35.9 Å². The van der Waals surface area contributed by atoms with Gasteiger partial charge in [0.15, 0.2) is 17.2 Å². The lowest BCUT2D eigenvalue weighted by atomic mass is 10.1. The maximum atomic E-state index is 12.1. The van der Waals surface area contributed by atoms with E-state index in [1.807, 2.05) is 38.1 Å². The van der Waals surface area contributed by atoms with E-state index in [0.29, 0.717) is 22.8 Å².